The zero-order valence-electron chi connectivity index (χ0n) is 12.4. The first kappa shape index (κ1) is 14.1. The molecule has 21 heavy (non-hydrogen) atoms. The van der Waals surface area contributed by atoms with Crippen molar-refractivity contribution in [3.63, 3.8) is 0 Å². The molecular weight excluding hydrogens is 268 g/mol. The van der Waals surface area contributed by atoms with Gasteiger partial charge in [0.05, 0.1) is 12.2 Å². The van der Waals surface area contributed by atoms with E-state index < -0.39 is 5.97 Å². The van der Waals surface area contributed by atoms with Gasteiger partial charge in [0.15, 0.2) is 0 Å². The van der Waals surface area contributed by atoms with Crippen LogP contribution < -0.4 is 0 Å². The quantitative estimate of drug-likeness (QED) is 0.857. The smallest absolute Gasteiger partial charge is 0.337 e. The first-order valence-corrected chi connectivity index (χ1v) is 7.24. The lowest BCUT2D eigenvalue weighted by Crippen LogP contribution is -2.21. The number of hydrogen-bond acceptors (Lipinski definition) is 3. The Morgan fingerprint density at radius 2 is 2.05 bits per heavy atom. The highest BCUT2D eigenvalue weighted by molar-refractivity contribution is 6.03. The van der Waals surface area contributed by atoms with Crippen LogP contribution in [-0.2, 0) is 24.9 Å². The van der Waals surface area contributed by atoms with Gasteiger partial charge in [-0.05, 0) is 30.2 Å². The number of aromatic nitrogens is 1. The number of nitrogens with zero attached hydrogens (tertiary/aromatic N) is 2. The molecule has 0 fully saturated rings. The summed E-state index contributed by atoms with van der Waals surface area (Å²) in [5, 5.41) is 10.1. The molecule has 1 aliphatic rings. The number of rotatable bonds is 5. The van der Waals surface area contributed by atoms with Crippen LogP contribution in [0, 0.1) is 0 Å². The molecule has 1 N–H and O–H groups in total. The second-order valence-electron chi connectivity index (χ2n) is 5.50. The minimum atomic E-state index is -0.869. The number of carbonyl (C=O) groups is 1. The SMILES string of the molecule is CCOCCN1Cc2cc3c(C(=O)O)cn(C)c3cc2C1. The molecule has 112 valence electrons. The van der Waals surface area contributed by atoms with Gasteiger partial charge in [0, 0.05) is 50.4 Å². The topological polar surface area (TPSA) is 54.7 Å². The van der Waals surface area contributed by atoms with Crippen LogP contribution in [0.15, 0.2) is 18.3 Å². The number of hydrogen-bond donors (Lipinski definition) is 1. The third-order valence-corrected chi connectivity index (χ3v) is 4.09. The van der Waals surface area contributed by atoms with E-state index in [1.54, 1.807) is 6.20 Å². The zero-order chi connectivity index (χ0) is 15.0. The Kier molecular flexibility index (Phi) is 3.69. The van der Waals surface area contributed by atoms with Crippen LogP contribution in [0.2, 0.25) is 0 Å². The molecule has 1 aliphatic heterocycles. The van der Waals surface area contributed by atoms with Gasteiger partial charge in [0.2, 0.25) is 0 Å². The van der Waals surface area contributed by atoms with E-state index in [0.717, 1.165) is 43.8 Å². The van der Waals surface area contributed by atoms with Crippen molar-refractivity contribution in [3.05, 3.63) is 35.0 Å². The molecule has 3 rings (SSSR count). The van der Waals surface area contributed by atoms with Gasteiger partial charge in [0.1, 0.15) is 0 Å². The van der Waals surface area contributed by atoms with E-state index in [2.05, 4.69) is 11.0 Å². The predicted molar refractivity (Wildman–Crippen MR) is 80.5 cm³/mol. The van der Waals surface area contributed by atoms with E-state index in [4.69, 9.17) is 4.74 Å². The third kappa shape index (κ3) is 2.54. The van der Waals surface area contributed by atoms with Gasteiger partial charge in [-0.1, -0.05) is 0 Å². The molecule has 0 radical (unpaired) electrons. The maximum Gasteiger partial charge on any atom is 0.337 e. The molecule has 0 atom stereocenters. The molecule has 1 aromatic carbocycles. The van der Waals surface area contributed by atoms with Crippen LogP contribution >= 0.6 is 0 Å². The summed E-state index contributed by atoms with van der Waals surface area (Å²) in [6.45, 7) is 6.17. The van der Waals surface area contributed by atoms with Crippen LogP contribution in [0.3, 0.4) is 0 Å². The first-order valence-electron chi connectivity index (χ1n) is 7.24. The fraction of sp³-hybridized carbons (Fsp3) is 0.438. The summed E-state index contributed by atoms with van der Waals surface area (Å²) in [5.74, 6) is -0.869. The monoisotopic (exact) mass is 288 g/mol. The molecule has 0 bridgehead atoms. The van der Waals surface area contributed by atoms with Gasteiger partial charge in [-0.15, -0.1) is 0 Å². The van der Waals surface area contributed by atoms with E-state index in [1.165, 1.54) is 11.1 Å². The van der Waals surface area contributed by atoms with Gasteiger partial charge in [-0.3, -0.25) is 4.90 Å². The average molecular weight is 288 g/mol. The van der Waals surface area contributed by atoms with E-state index in [0.29, 0.717) is 5.56 Å². The summed E-state index contributed by atoms with van der Waals surface area (Å²) in [6, 6.07) is 4.16. The van der Waals surface area contributed by atoms with E-state index >= 15 is 0 Å². The predicted octanol–water partition coefficient (Wildman–Crippen LogP) is 2.23. The van der Waals surface area contributed by atoms with E-state index in [1.807, 2.05) is 24.6 Å². The van der Waals surface area contributed by atoms with Crippen molar-refractivity contribution < 1.29 is 14.6 Å². The summed E-state index contributed by atoms with van der Waals surface area (Å²) in [7, 11) is 1.89. The third-order valence-electron chi connectivity index (χ3n) is 4.09. The Bertz CT molecular complexity index is 690. The average Bonchev–Trinajstić information content (AvgIpc) is 2.98. The highest BCUT2D eigenvalue weighted by Crippen LogP contribution is 2.30. The van der Waals surface area contributed by atoms with Crippen molar-refractivity contribution in [2.45, 2.75) is 20.0 Å². The largest absolute Gasteiger partial charge is 0.478 e. The minimum absolute atomic E-state index is 0.378. The molecule has 0 spiro atoms. The lowest BCUT2D eigenvalue weighted by Gasteiger charge is -2.13. The number of carboxylic acids is 1. The lowest BCUT2D eigenvalue weighted by molar-refractivity contribution is 0.0699. The summed E-state index contributed by atoms with van der Waals surface area (Å²) in [5.41, 5.74) is 3.88. The van der Waals surface area contributed by atoms with Crippen LogP contribution in [0.1, 0.15) is 28.4 Å². The standard InChI is InChI=1S/C16H20N2O3/c1-3-21-5-4-18-8-11-6-13-14(16(19)20)10-17(2)15(13)7-12(11)9-18/h6-7,10H,3-5,8-9H2,1-2H3,(H,19,20). The number of carboxylic acid groups (broad SMARTS) is 1. The van der Waals surface area contributed by atoms with Gasteiger partial charge in [0.25, 0.3) is 0 Å². The lowest BCUT2D eigenvalue weighted by atomic mass is 10.1. The summed E-state index contributed by atoms with van der Waals surface area (Å²) in [4.78, 5) is 13.7. The normalized spacial score (nSPS) is 14.8. The van der Waals surface area contributed by atoms with Crippen LogP contribution in [0.5, 0.6) is 0 Å². The maximum atomic E-state index is 11.3. The molecule has 0 saturated carbocycles. The molecule has 2 heterocycles. The van der Waals surface area contributed by atoms with Gasteiger partial charge in [-0.25, -0.2) is 4.79 Å². The first-order chi connectivity index (χ1) is 10.1. The number of fused-ring (bicyclic) bond motifs is 2. The highest BCUT2D eigenvalue weighted by atomic mass is 16.5. The Balaban J connectivity index is 1.89. The summed E-state index contributed by atoms with van der Waals surface area (Å²) < 4.78 is 7.29. The zero-order valence-corrected chi connectivity index (χ0v) is 12.4. The Hall–Kier alpha value is -1.85. The van der Waals surface area contributed by atoms with Gasteiger partial charge < -0.3 is 14.4 Å². The molecule has 0 amide bonds. The summed E-state index contributed by atoms with van der Waals surface area (Å²) >= 11 is 0. The molecule has 2 aromatic rings. The van der Waals surface area contributed by atoms with Gasteiger partial charge in [-0.2, -0.15) is 0 Å². The summed E-state index contributed by atoms with van der Waals surface area (Å²) in [6.07, 6.45) is 1.69. The van der Waals surface area contributed by atoms with Crippen LogP contribution in [0.4, 0.5) is 0 Å². The minimum Gasteiger partial charge on any atom is -0.478 e. The second-order valence-corrected chi connectivity index (χ2v) is 5.50. The maximum absolute atomic E-state index is 11.3. The molecular formula is C16H20N2O3. The van der Waals surface area contributed by atoms with Crippen molar-refractivity contribution in [2.75, 3.05) is 19.8 Å². The van der Waals surface area contributed by atoms with E-state index in [-0.39, 0.29) is 0 Å². The molecule has 0 unspecified atom stereocenters. The Morgan fingerprint density at radius 1 is 1.33 bits per heavy atom. The van der Waals surface area contributed by atoms with Gasteiger partial charge >= 0.3 is 5.97 Å². The van der Waals surface area contributed by atoms with E-state index in [9.17, 15) is 9.90 Å². The number of benzene rings is 1. The van der Waals surface area contributed by atoms with Crippen molar-refractivity contribution in [1.29, 1.82) is 0 Å². The number of aromatic carboxylic acids is 1. The highest BCUT2D eigenvalue weighted by Gasteiger charge is 2.22. The van der Waals surface area contributed by atoms with Crippen LogP contribution in [-0.4, -0.2) is 40.3 Å². The molecule has 5 heteroatoms. The molecule has 0 aliphatic carbocycles. The molecule has 1 aromatic heterocycles. The number of ether oxygens (including phenoxy) is 1. The Labute approximate surface area is 123 Å². The Morgan fingerprint density at radius 3 is 2.71 bits per heavy atom. The fourth-order valence-electron chi connectivity index (χ4n) is 3.02. The van der Waals surface area contributed by atoms with Crippen molar-refractivity contribution in [2.24, 2.45) is 7.05 Å². The molecule has 0 saturated heterocycles. The second kappa shape index (κ2) is 5.50. The van der Waals surface area contributed by atoms with Crippen molar-refractivity contribution in [1.82, 2.24) is 9.47 Å². The van der Waals surface area contributed by atoms with Crippen molar-refractivity contribution in [3.8, 4) is 0 Å². The fourth-order valence-corrected chi connectivity index (χ4v) is 3.02. The van der Waals surface area contributed by atoms with Crippen molar-refractivity contribution >= 4 is 16.9 Å². The number of aryl methyl sites for hydroxylation is 1. The van der Waals surface area contributed by atoms with Crippen LogP contribution in [0.25, 0.3) is 10.9 Å². The molecule has 5 nitrogen and oxygen atoms in total.